The van der Waals surface area contributed by atoms with Gasteiger partial charge < -0.3 is 15.0 Å². The Morgan fingerprint density at radius 2 is 1.76 bits per heavy atom. The van der Waals surface area contributed by atoms with Crippen LogP contribution in [0.25, 0.3) is 11.3 Å². The molecule has 6 nitrogen and oxygen atoms in total. The van der Waals surface area contributed by atoms with E-state index in [1.54, 1.807) is 12.1 Å². The average molecular weight is 456 g/mol. The fourth-order valence-corrected chi connectivity index (χ4v) is 3.57. The minimum Gasteiger partial charge on any atom is -0.481 e. The van der Waals surface area contributed by atoms with Crippen molar-refractivity contribution >= 4 is 17.4 Å². The predicted molar refractivity (Wildman–Crippen MR) is 119 cm³/mol. The van der Waals surface area contributed by atoms with Crippen LogP contribution in [0.2, 0.25) is 0 Å². The smallest absolute Gasteiger partial charge is 0.416 e. The highest BCUT2D eigenvalue weighted by Gasteiger charge is 2.31. The van der Waals surface area contributed by atoms with Crippen LogP contribution < -0.4 is 15.0 Å². The first-order valence-electron chi connectivity index (χ1n) is 10.6. The Bertz CT molecular complexity index is 1100. The number of carbonyl (C=O) groups excluding carboxylic acids is 1. The molecule has 9 heteroatoms. The lowest BCUT2D eigenvalue weighted by molar-refractivity contribution is -0.137. The van der Waals surface area contributed by atoms with Gasteiger partial charge in [0.15, 0.2) is 11.9 Å². The summed E-state index contributed by atoms with van der Waals surface area (Å²) in [6.07, 6.45) is -3.14. The largest absolute Gasteiger partial charge is 0.481 e. The lowest BCUT2D eigenvalue weighted by Gasteiger charge is -2.16. The Kier molecular flexibility index (Phi) is 6.48. The topological polar surface area (TPSA) is 67.3 Å². The second-order valence-corrected chi connectivity index (χ2v) is 7.82. The molecule has 1 aliphatic rings. The summed E-state index contributed by atoms with van der Waals surface area (Å²) >= 11 is 0. The number of aromatic nitrogens is 2. The van der Waals surface area contributed by atoms with Gasteiger partial charge in [0.2, 0.25) is 0 Å². The molecule has 1 aromatic heterocycles. The third-order valence-corrected chi connectivity index (χ3v) is 5.37. The first-order chi connectivity index (χ1) is 15.8. The first-order valence-corrected chi connectivity index (χ1v) is 10.6. The summed E-state index contributed by atoms with van der Waals surface area (Å²) in [5.41, 5.74) is 1.27. The molecule has 0 spiro atoms. The molecule has 0 saturated carbocycles. The summed E-state index contributed by atoms with van der Waals surface area (Å²) in [5, 5.41) is 11.3. The molecule has 1 N–H and O–H groups in total. The molecule has 1 aliphatic heterocycles. The standard InChI is InChI=1S/C24H23F3N4O2/c1-16(33-20-6-4-5-18(15-20)24(25,26)27)23(32)28-19-9-7-17(8-10-19)21-11-12-22(30-29-21)31-13-2-3-14-31/h4-12,15-16H,2-3,13-14H2,1H3,(H,28,32). The molecule has 2 aromatic carbocycles. The van der Waals surface area contributed by atoms with Gasteiger partial charge in [-0.15, -0.1) is 10.2 Å². The molecule has 33 heavy (non-hydrogen) atoms. The van der Waals surface area contributed by atoms with Crippen molar-refractivity contribution in [3.63, 3.8) is 0 Å². The highest BCUT2D eigenvalue weighted by molar-refractivity contribution is 5.94. The van der Waals surface area contributed by atoms with E-state index in [0.29, 0.717) is 5.69 Å². The number of amides is 1. The SMILES string of the molecule is CC(Oc1cccc(C(F)(F)F)c1)C(=O)Nc1ccc(-c2ccc(N3CCCC3)nn2)cc1. The van der Waals surface area contributed by atoms with E-state index in [4.69, 9.17) is 4.74 Å². The molecule has 172 valence electrons. The molecule has 2 heterocycles. The number of hydrogen-bond donors (Lipinski definition) is 1. The van der Waals surface area contributed by atoms with E-state index >= 15 is 0 Å². The zero-order chi connectivity index (χ0) is 23.4. The van der Waals surface area contributed by atoms with Gasteiger partial charge in [0.1, 0.15) is 5.75 Å². The molecule has 3 aromatic rings. The monoisotopic (exact) mass is 456 g/mol. The van der Waals surface area contributed by atoms with Crippen molar-refractivity contribution in [2.75, 3.05) is 23.3 Å². The van der Waals surface area contributed by atoms with E-state index in [1.807, 2.05) is 24.3 Å². The van der Waals surface area contributed by atoms with E-state index in [2.05, 4.69) is 20.4 Å². The molecule has 0 bridgehead atoms. The average Bonchev–Trinajstić information content (AvgIpc) is 3.34. The van der Waals surface area contributed by atoms with Crippen LogP contribution in [0.5, 0.6) is 5.75 Å². The van der Waals surface area contributed by atoms with Crippen molar-refractivity contribution in [1.29, 1.82) is 0 Å². The lowest BCUT2D eigenvalue weighted by Crippen LogP contribution is -2.30. The van der Waals surface area contributed by atoms with Gasteiger partial charge in [0, 0.05) is 24.3 Å². The molecule has 1 saturated heterocycles. The number of halogens is 3. The number of ether oxygens (including phenoxy) is 1. The number of nitrogens with zero attached hydrogens (tertiary/aromatic N) is 3. The minimum atomic E-state index is -4.48. The van der Waals surface area contributed by atoms with Crippen LogP contribution in [-0.2, 0) is 11.0 Å². The minimum absolute atomic E-state index is 0.0289. The van der Waals surface area contributed by atoms with Gasteiger partial charge in [0.05, 0.1) is 11.3 Å². The summed E-state index contributed by atoms with van der Waals surface area (Å²) in [7, 11) is 0. The zero-order valence-electron chi connectivity index (χ0n) is 18.0. The molecular weight excluding hydrogens is 433 g/mol. The van der Waals surface area contributed by atoms with Gasteiger partial charge in [-0.2, -0.15) is 13.2 Å². The summed E-state index contributed by atoms with van der Waals surface area (Å²) in [5.74, 6) is 0.364. The number of benzene rings is 2. The lowest BCUT2D eigenvalue weighted by atomic mass is 10.1. The van der Waals surface area contributed by atoms with Crippen LogP contribution in [0.1, 0.15) is 25.3 Å². The van der Waals surface area contributed by atoms with Crippen molar-refractivity contribution in [3.8, 4) is 17.0 Å². The van der Waals surface area contributed by atoms with Crippen LogP contribution in [0.4, 0.5) is 24.7 Å². The van der Waals surface area contributed by atoms with Gasteiger partial charge in [-0.05, 0) is 62.2 Å². The quantitative estimate of drug-likeness (QED) is 0.555. The van der Waals surface area contributed by atoms with E-state index in [9.17, 15) is 18.0 Å². The van der Waals surface area contributed by atoms with E-state index in [1.165, 1.54) is 31.9 Å². The van der Waals surface area contributed by atoms with Crippen molar-refractivity contribution in [2.45, 2.75) is 32.0 Å². The maximum Gasteiger partial charge on any atom is 0.416 e. The fraction of sp³-hybridized carbons (Fsp3) is 0.292. The molecule has 4 rings (SSSR count). The van der Waals surface area contributed by atoms with E-state index in [-0.39, 0.29) is 5.75 Å². The van der Waals surface area contributed by atoms with Crippen LogP contribution in [0.3, 0.4) is 0 Å². The van der Waals surface area contributed by atoms with Gasteiger partial charge in [-0.1, -0.05) is 18.2 Å². The number of anilines is 2. The second kappa shape index (κ2) is 9.48. The summed E-state index contributed by atoms with van der Waals surface area (Å²) in [6, 6.07) is 15.4. The molecule has 1 unspecified atom stereocenters. The van der Waals surface area contributed by atoms with Crippen LogP contribution in [0, 0.1) is 0 Å². The van der Waals surface area contributed by atoms with E-state index in [0.717, 1.165) is 42.3 Å². The fourth-order valence-electron chi connectivity index (χ4n) is 3.57. The Hall–Kier alpha value is -3.62. The number of hydrogen-bond acceptors (Lipinski definition) is 5. The number of alkyl halides is 3. The Morgan fingerprint density at radius 3 is 2.39 bits per heavy atom. The highest BCUT2D eigenvalue weighted by atomic mass is 19.4. The maximum absolute atomic E-state index is 12.9. The van der Waals surface area contributed by atoms with Gasteiger partial charge >= 0.3 is 6.18 Å². The van der Waals surface area contributed by atoms with Crippen molar-refractivity contribution in [3.05, 3.63) is 66.2 Å². The van der Waals surface area contributed by atoms with Crippen LogP contribution >= 0.6 is 0 Å². The van der Waals surface area contributed by atoms with E-state index < -0.39 is 23.8 Å². The second-order valence-electron chi connectivity index (χ2n) is 7.82. The normalized spacial score (nSPS) is 14.7. The Morgan fingerprint density at radius 1 is 1.03 bits per heavy atom. The molecule has 0 radical (unpaired) electrons. The number of nitrogens with one attached hydrogen (secondary N) is 1. The summed E-state index contributed by atoms with van der Waals surface area (Å²) < 4.78 is 44.0. The van der Waals surface area contributed by atoms with Gasteiger partial charge in [-0.25, -0.2) is 0 Å². The third kappa shape index (κ3) is 5.60. The molecule has 1 amide bonds. The summed E-state index contributed by atoms with van der Waals surface area (Å²) in [4.78, 5) is 14.6. The molecule has 1 fully saturated rings. The molecular formula is C24H23F3N4O2. The molecule has 0 aliphatic carbocycles. The van der Waals surface area contributed by atoms with Crippen LogP contribution in [0.15, 0.2) is 60.7 Å². The zero-order valence-corrected chi connectivity index (χ0v) is 18.0. The number of carbonyl (C=O) groups is 1. The van der Waals surface area contributed by atoms with Crippen molar-refractivity contribution in [2.24, 2.45) is 0 Å². The van der Waals surface area contributed by atoms with Crippen molar-refractivity contribution < 1.29 is 22.7 Å². The number of rotatable bonds is 6. The third-order valence-electron chi connectivity index (χ3n) is 5.37. The predicted octanol–water partition coefficient (Wildman–Crippen LogP) is 5.17. The maximum atomic E-state index is 12.9. The summed E-state index contributed by atoms with van der Waals surface area (Å²) in [6.45, 7) is 3.47. The Labute approximate surface area is 189 Å². The van der Waals surface area contributed by atoms with Gasteiger partial charge in [0.25, 0.3) is 5.91 Å². The molecule has 1 atom stereocenters. The Balaban J connectivity index is 1.36. The van der Waals surface area contributed by atoms with Crippen molar-refractivity contribution in [1.82, 2.24) is 10.2 Å². The van der Waals surface area contributed by atoms with Gasteiger partial charge in [-0.3, -0.25) is 4.79 Å². The van der Waals surface area contributed by atoms with Crippen LogP contribution in [-0.4, -0.2) is 35.3 Å². The highest BCUT2D eigenvalue weighted by Crippen LogP contribution is 2.31. The first kappa shape index (κ1) is 22.6.